The smallest absolute Gasteiger partial charge is 0.262 e. The van der Waals surface area contributed by atoms with E-state index in [1.807, 2.05) is 6.07 Å². The SMILES string of the molecule is COc1ccc(C2COc3cc(CN/C(C[N+](=O)[O-])=N\N)cc(OC)c3O2)cn1. The number of benzene rings is 1. The molecule has 0 bridgehead atoms. The van der Waals surface area contributed by atoms with Gasteiger partial charge in [-0.25, -0.2) is 4.98 Å². The molecule has 1 aliphatic heterocycles. The van der Waals surface area contributed by atoms with Crippen LogP contribution in [0.3, 0.4) is 0 Å². The van der Waals surface area contributed by atoms with E-state index < -0.39 is 11.5 Å². The van der Waals surface area contributed by atoms with Gasteiger partial charge in [-0.2, -0.15) is 5.10 Å². The molecule has 0 aliphatic carbocycles. The molecule has 29 heavy (non-hydrogen) atoms. The summed E-state index contributed by atoms with van der Waals surface area (Å²) in [5, 5.41) is 16.8. The monoisotopic (exact) mass is 403 g/mol. The second kappa shape index (κ2) is 8.95. The highest BCUT2D eigenvalue weighted by atomic mass is 16.6. The standard InChI is InChI=1S/C18H21N5O6/c1-26-13-5-11(7-20-16(22-19)9-23(24)25)6-14-18(13)29-15(10-28-14)12-3-4-17(27-2)21-8-12/h3-6,8,15H,7,9-10,19H2,1-2H3,(H,20,22). The van der Waals surface area contributed by atoms with Crippen LogP contribution >= 0.6 is 0 Å². The van der Waals surface area contributed by atoms with E-state index in [4.69, 9.17) is 24.8 Å². The Morgan fingerprint density at radius 3 is 2.86 bits per heavy atom. The molecule has 0 fully saturated rings. The lowest BCUT2D eigenvalue weighted by Gasteiger charge is -2.28. The number of aromatic nitrogens is 1. The summed E-state index contributed by atoms with van der Waals surface area (Å²) in [7, 11) is 3.07. The van der Waals surface area contributed by atoms with Gasteiger partial charge in [0.1, 0.15) is 6.61 Å². The fraction of sp³-hybridized carbons (Fsp3) is 0.333. The lowest BCUT2D eigenvalue weighted by Crippen LogP contribution is -2.31. The summed E-state index contributed by atoms with van der Waals surface area (Å²) in [6.07, 6.45) is 1.32. The van der Waals surface area contributed by atoms with Crippen molar-refractivity contribution in [3.63, 3.8) is 0 Å². The largest absolute Gasteiger partial charge is 0.493 e. The summed E-state index contributed by atoms with van der Waals surface area (Å²) in [5.74, 6) is 7.22. The molecule has 154 valence electrons. The number of ether oxygens (including phenoxy) is 4. The van der Waals surface area contributed by atoms with Crippen LogP contribution in [0.1, 0.15) is 17.2 Å². The first-order valence-corrected chi connectivity index (χ1v) is 8.66. The van der Waals surface area contributed by atoms with Crippen molar-refractivity contribution in [2.75, 3.05) is 27.4 Å². The fourth-order valence-electron chi connectivity index (χ4n) is 2.79. The van der Waals surface area contributed by atoms with Crippen molar-refractivity contribution in [3.8, 4) is 23.1 Å². The number of fused-ring (bicyclic) bond motifs is 1. The zero-order chi connectivity index (χ0) is 20.8. The van der Waals surface area contributed by atoms with Crippen LogP contribution in [0.15, 0.2) is 35.6 Å². The van der Waals surface area contributed by atoms with Crippen LogP contribution in [-0.4, -0.2) is 43.1 Å². The molecule has 3 rings (SSSR count). The first-order valence-electron chi connectivity index (χ1n) is 8.66. The fourth-order valence-corrected chi connectivity index (χ4v) is 2.79. The van der Waals surface area contributed by atoms with Crippen LogP contribution in [-0.2, 0) is 6.54 Å². The lowest BCUT2D eigenvalue weighted by atomic mass is 10.1. The van der Waals surface area contributed by atoms with E-state index in [-0.39, 0.29) is 25.1 Å². The highest BCUT2D eigenvalue weighted by Gasteiger charge is 2.27. The molecule has 0 spiro atoms. The quantitative estimate of drug-likeness (QED) is 0.229. The Balaban J connectivity index is 1.76. The Kier molecular flexibility index (Phi) is 6.17. The minimum absolute atomic E-state index is 0.0657. The molecule has 1 aromatic carbocycles. The Morgan fingerprint density at radius 2 is 2.24 bits per heavy atom. The molecule has 0 radical (unpaired) electrons. The molecule has 0 saturated carbocycles. The number of hydrogen-bond acceptors (Lipinski definition) is 9. The number of nitrogens with zero attached hydrogens (tertiary/aromatic N) is 3. The maximum Gasteiger partial charge on any atom is 0.262 e. The van der Waals surface area contributed by atoms with Gasteiger partial charge in [0.15, 0.2) is 23.4 Å². The molecule has 1 aromatic heterocycles. The number of methoxy groups -OCH3 is 2. The van der Waals surface area contributed by atoms with Crippen LogP contribution in [0.5, 0.6) is 23.1 Å². The summed E-state index contributed by atoms with van der Waals surface area (Å²) in [6, 6.07) is 7.14. The average Bonchev–Trinajstić information content (AvgIpc) is 2.75. The van der Waals surface area contributed by atoms with Crippen molar-refractivity contribution in [1.29, 1.82) is 0 Å². The van der Waals surface area contributed by atoms with Crippen LogP contribution in [0.25, 0.3) is 0 Å². The average molecular weight is 403 g/mol. The number of amidine groups is 1. The minimum Gasteiger partial charge on any atom is -0.493 e. The predicted octanol–water partition coefficient (Wildman–Crippen LogP) is 1.25. The van der Waals surface area contributed by atoms with Gasteiger partial charge in [-0.15, -0.1) is 0 Å². The van der Waals surface area contributed by atoms with Crippen molar-refractivity contribution in [2.45, 2.75) is 12.6 Å². The van der Waals surface area contributed by atoms with Crippen LogP contribution < -0.4 is 30.1 Å². The van der Waals surface area contributed by atoms with Crippen molar-refractivity contribution in [3.05, 3.63) is 51.7 Å². The van der Waals surface area contributed by atoms with E-state index in [2.05, 4.69) is 15.4 Å². The Hall–Kier alpha value is -3.76. The third-order valence-corrected chi connectivity index (χ3v) is 4.22. The van der Waals surface area contributed by atoms with E-state index in [0.717, 1.165) is 11.1 Å². The molecule has 2 aromatic rings. The van der Waals surface area contributed by atoms with Gasteiger partial charge in [-0.3, -0.25) is 10.1 Å². The summed E-state index contributed by atoms with van der Waals surface area (Å²) in [4.78, 5) is 14.3. The van der Waals surface area contributed by atoms with Gasteiger partial charge in [-0.1, -0.05) is 0 Å². The molecule has 11 heteroatoms. The summed E-state index contributed by atoms with van der Waals surface area (Å²) in [5.41, 5.74) is 1.60. The van der Waals surface area contributed by atoms with Gasteiger partial charge in [0.25, 0.3) is 6.54 Å². The first-order chi connectivity index (χ1) is 14.0. The second-order valence-corrected chi connectivity index (χ2v) is 6.10. The number of nitrogens with one attached hydrogen (secondary N) is 1. The Morgan fingerprint density at radius 1 is 1.41 bits per heavy atom. The normalized spacial score (nSPS) is 15.5. The van der Waals surface area contributed by atoms with Gasteiger partial charge in [0, 0.05) is 29.3 Å². The molecule has 1 aliphatic rings. The topological polar surface area (TPSA) is 143 Å². The van der Waals surface area contributed by atoms with Gasteiger partial charge in [0.2, 0.25) is 11.6 Å². The Bertz CT molecular complexity index is 885. The number of hydrazone groups is 1. The van der Waals surface area contributed by atoms with Crippen LogP contribution in [0, 0.1) is 10.1 Å². The molecule has 2 heterocycles. The zero-order valence-electron chi connectivity index (χ0n) is 16.0. The van der Waals surface area contributed by atoms with E-state index in [0.29, 0.717) is 23.1 Å². The minimum atomic E-state index is -0.517. The van der Waals surface area contributed by atoms with Gasteiger partial charge >= 0.3 is 0 Å². The van der Waals surface area contributed by atoms with Gasteiger partial charge in [0.05, 0.1) is 14.2 Å². The van der Waals surface area contributed by atoms with Gasteiger partial charge in [-0.05, 0) is 23.8 Å². The number of nitro groups is 1. The summed E-state index contributed by atoms with van der Waals surface area (Å²) < 4.78 is 22.5. The number of pyridine rings is 1. The highest BCUT2D eigenvalue weighted by molar-refractivity contribution is 5.82. The summed E-state index contributed by atoms with van der Waals surface area (Å²) >= 11 is 0. The predicted molar refractivity (Wildman–Crippen MR) is 103 cm³/mol. The third kappa shape index (κ3) is 4.75. The van der Waals surface area contributed by atoms with Gasteiger partial charge < -0.3 is 30.1 Å². The molecule has 1 unspecified atom stereocenters. The van der Waals surface area contributed by atoms with E-state index in [1.54, 1.807) is 31.5 Å². The molecule has 11 nitrogen and oxygen atoms in total. The molecule has 0 saturated heterocycles. The number of nitrogens with two attached hydrogens (primary N) is 1. The van der Waals surface area contributed by atoms with Crippen molar-refractivity contribution < 1.29 is 23.9 Å². The first kappa shape index (κ1) is 20.0. The lowest BCUT2D eigenvalue weighted by molar-refractivity contribution is -0.463. The van der Waals surface area contributed by atoms with Crippen molar-refractivity contribution >= 4 is 5.84 Å². The molecule has 0 amide bonds. The third-order valence-electron chi connectivity index (χ3n) is 4.22. The van der Waals surface area contributed by atoms with Crippen molar-refractivity contribution in [2.24, 2.45) is 10.9 Å². The van der Waals surface area contributed by atoms with Crippen LogP contribution in [0.4, 0.5) is 0 Å². The molecule has 1 atom stereocenters. The maximum absolute atomic E-state index is 10.6. The molecular formula is C18H21N5O6. The Labute approximate surface area is 166 Å². The van der Waals surface area contributed by atoms with Crippen molar-refractivity contribution in [1.82, 2.24) is 10.3 Å². The van der Waals surface area contributed by atoms with E-state index >= 15 is 0 Å². The number of rotatable bonds is 7. The molecule has 3 N–H and O–H groups in total. The van der Waals surface area contributed by atoms with E-state index in [1.165, 1.54) is 7.11 Å². The zero-order valence-corrected chi connectivity index (χ0v) is 16.0. The summed E-state index contributed by atoms with van der Waals surface area (Å²) in [6.45, 7) is 0.0519. The second-order valence-electron chi connectivity index (χ2n) is 6.10. The maximum atomic E-state index is 10.6. The van der Waals surface area contributed by atoms with Crippen LogP contribution in [0.2, 0.25) is 0 Å². The molecular weight excluding hydrogens is 382 g/mol. The number of hydrogen-bond donors (Lipinski definition) is 2. The van der Waals surface area contributed by atoms with E-state index in [9.17, 15) is 10.1 Å². The highest BCUT2D eigenvalue weighted by Crippen LogP contribution is 2.44.